The molecule has 0 aliphatic carbocycles. The van der Waals surface area contributed by atoms with E-state index in [1.807, 2.05) is 41.1 Å². The molecule has 2 unspecified atom stereocenters. The van der Waals surface area contributed by atoms with Crippen LogP contribution in [-0.2, 0) is 21.8 Å². The topological polar surface area (TPSA) is 36.3 Å². The van der Waals surface area contributed by atoms with Gasteiger partial charge in [0.05, 0.1) is 24.5 Å². The highest BCUT2D eigenvalue weighted by Gasteiger charge is 2.45. The average Bonchev–Trinajstić information content (AvgIpc) is 3.26. The fourth-order valence-corrected chi connectivity index (χ4v) is 3.89. The molecule has 0 bridgehead atoms. The molecule has 0 amide bonds. The van der Waals surface area contributed by atoms with Gasteiger partial charge in [0.15, 0.2) is 0 Å². The lowest BCUT2D eigenvalue weighted by atomic mass is 10.1. The summed E-state index contributed by atoms with van der Waals surface area (Å²) in [6, 6.07) is 13.4. The number of benzene rings is 2. The summed E-state index contributed by atoms with van der Waals surface area (Å²) >= 11 is 16.0. The SMILES string of the molecule is Clc1ccc(C2(Cn3ccnc3)OCC(c3ccc(Br)cc3)O2)c(Cl)c1. The van der Waals surface area contributed by atoms with Gasteiger partial charge in [-0.1, -0.05) is 57.3 Å². The molecule has 2 heterocycles. The van der Waals surface area contributed by atoms with Gasteiger partial charge in [0, 0.05) is 27.5 Å². The van der Waals surface area contributed by atoms with Crippen molar-refractivity contribution in [1.29, 1.82) is 0 Å². The van der Waals surface area contributed by atoms with Crippen LogP contribution >= 0.6 is 39.1 Å². The molecule has 2 aromatic carbocycles. The number of nitrogens with zero attached hydrogens (tertiary/aromatic N) is 2. The smallest absolute Gasteiger partial charge is 0.215 e. The van der Waals surface area contributed by atoms with Crippen molar-refractivity contribution >= 4 is 39.1 Å². The lowest BCUT2D eigenvalue weighted by molar-refractivity contribution is -0.187. The Labute approximate surface area is 169 Å². The third kappa shape index (κ3) is 3.55. The lowest BCUT2D eigenvalue weighted by Gasteiger charge is -2.30. The van der Waals surface area contributed by atoms with Crippen molar-refractivity contribution in [3.8, 4) is 0 Å². The van der Waals surface area contributed by atoms with Crippen LogP contribution in [-0.4, -0.2) is 16.2 Å². The van der Waals surface area contributed by atoms with E-state index in [4.69, 9.17) is 32.7 Å². The summed E-state index contributed by atoms with van der Waals surface area (Å²) in [5.74, 6) is -1.01. The number of imidazole rings is 1. The van der Waals surface area contributed by atoms with E-state index < -0.39 is 5.79 Å². The van der Waals surface area contributed by atoms with Gasteiger partial charge in [-0.2, -0.15) is 0 Å². The van der Waals surface area contributed by atoms with E-state index in [9.17, 15) is 0 Å². The zero-order chi connectivity index (χ0) is 18.1. The summed E-state index contributed by atoms with van der Waals surface area (Å²) in [6.07, 6.45) is 5.12. The molecule has 0 spiro atoms. The van der Waals surface area contributed by atoms with Crippen LogP contribution in [0.3, 0.4) is 0 Å². The third-order valence-corrected chi connectivity index (χ3v) is 5.41. The molecule has 4 nitrogen and oxygen atoms in total. The standard InChI is InChI=1S/C19H15BrCl2N2O2/c20-14-3-1-13(2-4-14)18-10-25-19(26-18,11-24-8-7-23-12-24)16-6-5-15(21)9-17(16)22/h1-9,12,18H,10-11H2. The van der Waals surface area contributed by atoms with Crippen molar-refractivity contribution in [2.24, 2.45) is 0 Å². The predicted octanol–water partition coefficient (Wildman–Crippen LogP) is 5.59. The van der Waals surface area contributed by atoms with Crippen LogP contribution in [0.4, 0.5) is 0 Å². The van der Waals surface area contributed by atoms with Crippen molar-refractivity contribution in [2.75, 3.05) is 6.61 Å². The molecule has 1 fully saturated rings. The number of aromatic nitrogens is 2. The first-order chi connectivity index (χ1) is 12.6. The lowest BCUT2D eigenvalue weighted by Crippen LogP contribution is -2.33. The van der Waals surface area contributed by atoms with Crippen molar-refractivity contribution in [2.45, 2.75) is 18.4 Å². The van der Waals surface area contributed by atoms with Gasteiger partial charge in [0.1, 0.15) is 6.10 Å². The Hall–Kier alpha value is -1.37. The molecule has 1 saturated heterocycles. The van der Waals surface area contributed by atoms with Gasteiger partial charge in [-0.25, -0.2) is 4.98 Å². The zero-order valence-corrected chi connectivity index (χ0v) is 16.7. The maximum atomic E-state index is 6.48. The summed E-state index contributed by atoms with van der Waals surface area (Å²) in [7, 11) is 0. The van der Waals surface area contributed by atoms with Gasteiger partial charge in [-0.3, -0.25) is 0 Å². The van der Waals surface area contributed by atoms with Gasteiger partial charge in [-0.15, -0.1) is 0 Å². The molecule has 2 atom stereocenters. The third-order valence-electron chi connectivity index (χ3n) is 4.33. The summed E-state index contributed by atoms with van der Waals surface area (Å²) in [5, 5.41) is 1.08. The quantitative estimate of drug-likeness (QED) is 0.516. The second-order valence-corrected chi connectivity index (χ2v) is 7.84. The average molecular weight is 454 g/mol. The fourth-order valence-electron chi connectivity index (χ4n) is 3.08. The Morgan fingerprint density at radius 1 is 1.19 bits per heavy atom. The Morgan fingerprint density at radius 2 is 2.00 bits per heavy atom. The van der Waals surface area contributed by atoms with E-state index in [0.717, 1.165) is 15.6 Å². The Bertz CT molecular complexity index is 902. The first kappa shape index (κ1) is 18.0. The summed E-state index contributed by atoms with van der Waals surface area (Å²) in [4.78, 5) is 4.10. The molecule has 0 radical (unpaired) electrons. The maximum Gasteiger partial charge on any atom is 0.215 e. The number of halogens is 3. The molecule has 4 rings (SSSR count). The van der Waals surface area contributed by atoms with Crippen molar-refractivity contribution in [3.05, 3.63) is 86.8 Å². The van der Waals surface area contributed by atoms with Gasteiger partial charge in [-0.05, 0) is 29.8 Å². The largest absolute Gasteiger partial charge is 0.341 e. The number of rotatable bonds is 4. The van der Waals surface area contributed by atoms with Crippen LogP contribution in [0.1, 0.15) is 17.2 Å². The summed E-state index contributed by atoms with van der Waals surface area (Å²) < 4.78 is 15.6. The van der Waals surface area contributed by atoms with Gasteiger partial charge in [0.25, 0.3) is 0 Å². The number of hydrogen-bond acceptors (Lipinski definition) is 3. The van der Waals surface area contributed by atoms with Crippen molar-refractivity contribution in [3.63, 3.8) is 0 Å². The number of ether oxygens (including phenoxy) is 2. The van der Waals surface area contributed by atoms with Crippen LogP contribution in [0.5, 0.6) is 0 Å². The van der Waals surface area contributed by atoms with Gasteiger partial charge >= 0.3 is 0 Å². The van der Waals surface area contributed by atoms with E-state index in [0.29, 0.717) is 23.2 Å². The minimum absolute atomic E-state index is 0.196. The highest BCUT2D eigenvalue weighted by Crippen LogP contribution is 2.44. The molecule has 1 aliphatic heterocycles. The molecule has 26 heavy (non-hydrogen) atoms. The molecule has 7 heteroatoms. The fraction of sp³-hybridized carbons (Fsp3) is 0.211. The van der Waals surface area contributed by atoms with E-state index in [1.54, 1.807) is 24.7 Å². The first-order valence-electron chi connectivity index (χ1n) is 8.04. The normalized spacial score (nSPS) is 22.7. The molecular formula is C19H15BrCl2N2O2. The Kier molecular flexibility index (Phi) is 5.08. The maximum absolute atomic E-state index is 6.48. The molecule has 134 valence electrons. The van der Waals surface area contributed by atoms with E-state index in [1.165, 1.54) is 0 Å². The second kappa shape index (κ2) is 7.33. The van der Waals surface area contributed by atoms with Crippen LogP contribution in [0.2, 0.25) is 10.0 Å². The van der Waals surface area contributed by atoms with E-state index >= 15 is 0 Å². The van der Waals surface area contributed by atoms with E-state index in [-0.39, 0.29) is 6.10 Å². The highest BCUT2D eigenvalue weighted by molar-refractivity contribution is 9.10. The van der Waals surface area contributed by atoms with Gasteiger partial charge < -0.3 is 14.0 Å². The van der Waals surface area contributed by atoms with Crippen LogP contribution < -0.4 is 0 Å². The first-order valence-corrected chi connectivity index (χ1v) is 9.59. The molecule has 0 N–H and O–H groups in total. The highest BCUT2D eigenvalue weighted by atomic mass is 79.9. The van der Waals surface area contributed by atoms with Gasteiger partial charge in [0.2, 0.25) is 5.79 Å². The molecule has 1 aromatic heterocycles. The second-order valence-electron chi connectivity index (χ2n) is 6.08. The van der Waals surface area contributed by atoms with Crippen molar-refractivity contribution < 1.29 is 9.47 Å². The molecule has 1 aliphatic rings. The molecule has 3 aromatic rings. The van der Waals surface area contributed by atoms with Crippen LogP contribution in [0.15, 0.2) is 65.7 Å². The Balaban J connectivity index is 1.71. The predicted molar refractivity (Wildman–Crippen MR) is 104 cm³/mol. The van der Waals surface area contributed by atoms with E-state index in [2.05, 4.69) is 20.9 Å². The van der Waals surface area contributed by atoms with Crippen molar-refractivity contribution in [1.82, 2.24) is 9.55 Å². The minimum Gasteiger partial charge on any atom is -0.341 e. The monoisotopic (exact) mass is 452 g/mol. The molecule has 0 saturated carbocycles. The van der Waals surface area contributed by atoms with Crippen LogP contribution in [0.25, 0.3) is 0 Å². The Morgan fingerprint density at radius 3 is 2.69 bits per heavy atom. The molecular weight excluding hydrogens is 439 g/mol. The van der Waals surface area contributed by atoms with Crippen LogP contribution in [0, 0.1) is 0 Å². The minimum atomic E-state index is -1.01. The summed E-state index contributed by atoms with van der Waals surface area (Å²) in [6.45, 7) is 0.858. The zero-order valence-electron chi connectivity index (χ0n) is 13.6. The number of hydrogen-bond donors (Lipinski definition) is 0. The summed E-state index contributed by atoms with van der Waals surface area (Å²) in [5.41, 5.74) is 1.79.